The summed E-state index contributed by atoms with van der Waals surface area (Å²) in [5.74, 6) is -0.0359. The van der Waals surface area contributed by atoms with E-state index in [-0.39, 0.29) is 5.78 Å². The Balaban J connectivity index is 2.34. The summed E-state index contributed by atoms with van der Waals surface area (Å²) < 4.78 is 1.84. The van der Waals surface area contributed by atoms with Crippen molar-refractivity contribution in [3.8, 4) is 0 Å². The molecule has 0 saturated carbocycles. The largest absolute Gasteiger partial charge is 0.356 e. The molecule has 2 heterocycles. The van der Waals surface area contributed by atoms with Gasteiger partial charge in [-0.15, -0.1) is 0 Å². The molecule has 70 valence electrons. The van der Waals surface area contributed by atoms with E-state index in [1.807, 2.05) is 23.9 Å². The number of ketones is 1. The van der Waals surface area contributed by atoms with Gasteiger partial charge in [-0.3, -0.25) is 9.78 Å². The van der Waals surface area contributed by atoms with E-state index < -0.39 is 0 Å². The monoisotopic (exact) mass is 186 g/mol. The van der Waals surface area contributed by atoms with Crippen molar-refractivity contribution < 1.29 is 4.79 Å². The summed E-state index contributed by atoms with van der Waals surface area (Å²) in [6.07, 6.45) is 5.25. The van der Waals surface area contributed by atoms with E-state index in [1.54, 1.807) is 30.6 Å². The Bertz CT molecular complexity index is 445. The van der Waals surface area contributed by atoms with Crippen LogP contribution in [0.1, 0.15) is 16.1 Å². The van der Waals surface area contributed by atoms with Gasteiger partial charge in [0.1, 0.15) is 5.69 Å². The molecule has 2 aromatic heterocycles. The molecule has 0 radical (unpaired) electrons. The fraction of sp³-hybridized carbons (Fsp3) is 0.0909. The van der Waals surface area contributed by atoms with Crippen molar-refractivity contribution in [2.45, 2.75) is 0 Å². The minimum atomic E-state index is -0.0359. The van der Waals surface area contributed by atoms with E-state index in [0.29, 0.717) is 11.3 Å². The quantitative estimate of drug-likeness (QED) is 0.668. The average Bonchev–Trinajstić information content (AvgIpc) is 2.65. The molecule has 0 N–H and O–H groups in total. The van der Waals surface area contributed by atoms with Crippen molar-refractivity contribution in [1.29, 1.82) is 0 Å². The highest BCUT2D eigenvalue weighted by molar-refractivity contribution is 6.07. The van der Waals surface area contributed by atoms with Crippen molar-refractivity contribution in [2.75, 3.05) is 0 Å². The first kappa shape index (κ1) is 8.69. The Labute approximate surface area is 82.0 Å². The molecule has 0 saturated heterocycles. The van der Waals surface area contributed by atoms with Gasteiger partial charge in [-0.25, -0.2) is 0 Å². The lowest BCUT2D eigenvalue weighted by Gasteiger charge is -1.95. The second-order valence-corrected chi connectivity index (χ2v) is 3.11. The van der Waals surface area contributed by atoms with Crippen LogP contribution >= 0.6 is 0 Å². The first-order chi connectivity index (χ1) is 6.77. The summed E-state index contributed by atoms with van der Waals surface area (Å²) in [7, 11) is 1.88. The van der Waals surface area contributed by atoms with Gasteiger partial charge in [0, 0.05) is 31.2 Å². The van der Waals surface area contributed by atoms with Crippen LogP contribution in [0.2, 0.25) is 0 Å². The third-order valence-electron chi connectivity index (χ3n) is 1.99. The summed E-state index contributed by atoms with van der Waals surface area (Å²) in [5.41, 5.74) is 1.16. The van der Waals surface area contributed by atoms with E-state index in [9.17, 15) is 4.79 Å². The lowest BCUT2D eigenvalue weighted by atomic mass is 10.1. The number of nitrogens with zero attached hydrogens (tertiary/aromatic N) is 2. The van der Waals surface area contributed by atoms with Crippen molar-refractivity contribution >= 4 is 5.78 Å². The van der Waals surface area contributed by atoms with Gasteiger partial charge in [0.2, 0.25) is 5.78 Å². The average molecular weight is 186 g/mol. The SMILES string of the molecule is Cn1ccc(C(=O)c2ccccn2)c1. The van der Waals surface area contributed by atoms with Crippen molar-refractivity contribution in [1.82, 2.24) is 9.55 Å². The lowest BCUT2D eigenvalue weighted by molar-refractivity contribution is 0.103. The smallest absolute Gasteiger partial charge is 0.212 e. The minimum Gasteiger partial charge on any atom is -0.356 e. The molecular formula is C11H10N2O. The zero-order valence-corrected chi connectivity index (χ0v) is 7.84. The van der Waals surface area contributed by atoms with Gasteiger partial charge >= 0.3 is 0 Å². The van der Waals surface area contributed by atoms with Crippen LogP contribution in [-0.4, -0.2) is 15.3 Å². The maximum atomic E-state index is 11.8. The number of aryl methyl sites for hydroxylation is 1. The molecule has 3 heteroatoms. The second-order valence-electron chi connectivity index (χ2n) is 3.11. The van der Waals surface area contributed by atoms with E-state index in [2.05, 4.69) is 4.98 Å². The van der Waals surface area contributed by atoms with E-state index in [4.69, 9.17) is 0 Å². The number of aromatic nitrogens is 2. The number of pyridine rings is 1. The number of hydrogen-bond donors (Lipinski definition) is 0. The number of rotatable bonds is 2. The third-order valence-corrected chi connectivity index (χ3v) is 1.99. The maximum Gasteiger partial charge on any atom is 0.212 e. The van der Waals surface area contributed by atoms with Crippen LogP contribution in [0, 0.1) is 0 Å². The van der Waals surface area contributed by atoms with Crippen LogP contribution in [0.3, 0.4) is 0 Å². The molecule has 0 aliphatic heterocycles. The van der Waals surface area contributed by atoms with Crippen LogP contribution in [0.25, 0.3) is 0 Å². The number of hydrogen-bond acceptors (Lipinski definition) is 2. The topological polar surface area (TPSA) is 34.9 Å². The summed E-state index contributed by atoms with van der Waals surface area (Å²) >= 11 is 0. The maximum absolute atomic E-state index is 11.8. The number of carbonyl (C=O) groups excluding carboxylic acids is 1. The first-order valence-corrected chi connectivity index (χ1v) is 4.35. The van der Waals surface area contributed by atoms with Gasteiger partial charge in [0.05, 0.1) is 0 Å². The zero-order valence-electron chi connectivity index (χ0n) is 7.84. The minimum absolute atomic E-state index is 0.0359. The van der Waals surface area contributed by atoms with Crippen LogP contribution in [0.5, 0.6) is 0 Å². The lowest BCUT2D eigenvalue weighted by Crippen LogP contribution is -2.01. The molecule has 0 amide bonds. The van der Waals surface area contributed by atoms with Crippen molar-refractivity contribution in [3.05, 3.63) is 54.1 Å². The van der Waals surface area contributed by atoms with E-state index in [1.165, 1.54) is 0 Å². The highest BCUT2D eigenvalue weighted by Crippen LogP contribution is 2.06. The molecule has 2 aromatic rings. The molecule has 0 fully saturated rings. The fourth-order valence-corrected chi connectivity index (χ4v) is 1.28. The first-order valence-electron chi connectivity index (χ1n) is 4.35. The Morgan fingerprint density at radius 2 is 2.21 bits per heavy atom. The van der Waals surface area contributed by atoms with Gasteiger partial charge in [-0.1, -0.05) is 6.07 Å². The Kier molecular flexibility index (Phi) is 2.14. The van der Waals surface area contributed by atoms with Crippen LogP contribution < -0.4 is 0 Å². The Hall–Kier alpha value is -1.90. The summed E-state index contributed by atoms with van der Waals surface area (Å²) in [6.45, 7) is 0. The predicted octanol–water partition coefficient (Wildman–Crippen LogP) is 1.65. The highest BCUT2D eigenvalue weighted by atomic mass is 16.1. The molecule has 0 spiro atoms. The molecule has 0 aliphatic carbocycles. The van der Waals surface area contributed by atoms with Crippen LogP contribution in [0.4, 0.5) is 0 Å². The molecule has 3 nitrogen and oxygen atoms in total. The van der Waals surface area contributed by atoms with Gasteiger partial charge in [-0.05, 0) is 18.2 Å². The van der Waals surface area contributed by atoms with Crippen molar-refractivity contribution in [2.24, 2.45) is 7.05 Å². The number of carbonyl (C=O) groups is 1. The fourth-order valence-electron chi connectivity index (χ4n) is 1.28. The summed E-state index contributed by atoms with van der Waals surface area (Å²) in [6, 6.07) is 7.11. The van der Waals surface area contributed by atoms with Gasteiger partial charge < -0.3 is 4.57 Å². The Morgan fingerprint density at radius 3 is 2.79 bits per heavy atom. The van der Waals surface area contributed by atoms with E-state index >= 15 is 0 Å². The standard InChI is InChI=1S/C11H10N2O/c1-13-7-5-9(8-13)11(14)10-4-2-3-6-12-10/h2-8H,1H3. The molecule has 0 unspecified atom stereocenters. The van der Waals surface area contributed by atoms with E-state index in [0.717, 1.165) is 0 Å². The normalized spacial score (nSPS) is 10.1. The van der Waals surface area contributed by atoms with Crippen molar-refractivity contribution in [3.63, 3.8) is 0 Å². The third kappa shape index (κ3) is 1.57. The highest BCUT2D eigenvalue weighted by Gasteiger charge is 2.09. The molecule has 0 aliphatic rings. The molecule has 14 heavy (non-hydrogen) atoms. The summed E-state index contributed by atoms with van der Waals surface area (Å²) in [4.78, 5) is 15.8. The van der Waals surface area contributed by atoms with Gasteiger partial charge in [0.15, 0.2) is 0 Å². The predicted molar refractivity (Wildman–Crippen MR) is 53.1 cm³/mol. The molecule has 0 atom stereocenters. The molecular weight excluding hydrogens is 176 g/mol. The van der Waals surface area contributed by atoms with Crippen LogP contribution in [0.15, 0.2) is 42.9 Å². The zero-order chi connectivity index (χ0) is 9.97. The Morgan fingerprint density at radius 1 is 1.36 bits per heavy atom. The second kappa shape index (κ2) is 3.46. The van der Waals surface area contributed by atoms with Gasteiger partial charge in [0.25, 0.3) is 0 Å². The molecule has 0 aromatic carbocycles. The molecule has 2 rings (SSSR count). The molecule has 0 bridgehead atoms. The van der Waals surface area contributed by atoms with Crippen LogP contribution in [-0.2, 0) is 7.05 Å². The summed E-state index contributed by atoms with van der Waals surface area (Å²) in [5, 5.41) is 0. The van der Waals surface area contributed by atoms with Gasteiger partial charge in [-0.2, -0.15) is 0 Å².